The molecule has 0 atom stereocenters. The van der Waals surface area contributed by atoms with Gasteiger partial charge in [-0.15, -0.1) is 0 Å². The summed E-state index contributed by atoms with van der Waals surface area (Å²) in [5, 5.41) is 9.96. The Bertz CT molecular complexity index is 1390. The second-order valence-corrected chi connectivity index (χ2v) is 9.77. The van der Waals surface area contributed by atoms with Crippen molar-refractivity contribution in [2.75, 3.05) is 0 Å². The van der Waals surface area contributed by atoms with Gasteiger partial charge in [0.1, 0.15) is 11.6 Å². The molecule has 4 aromatic rings. The van der Waals surface area contributed by atoms with Crippen molar-refractivity contribution in [3.05, 3.63) is 106 Å². The minimum absolute atomic E-state index is 0.0229. The van der Waals surface area contributed by atoms with Crippen molar-refractivity contribution in [2.45, 2.75) is 52.6 Å². The fraction of sp³-hybridized carbons (Fsp3) is 0.267. The number of hydrogen-bond donors (Lipinski definition) is 1. The third-order valence-corrected chi connectivity index (χ3v) is 6.58. The second-order valence-electron chi connectivity index (χ2n) is 9.36. The summed E-state index contributed by atoms with van der Waals surface area (Å²) in [6.07, 6.45) is 5.90. The van der Waals surface area contributed by atoms with Crippen molar-refractivity contribution < 1.29 is 9.90 Å². The fourth-order valence-electron chi connectivity index (χ4n) is 4.22. The third kappa shape index (κ3) is 6.71. The standard InChI is InChI=1S/C30H31ClN4O2/c1-20(2)35(30(37)25-10-6-15-32-21(25)3)19-23-8-4-9-24(17-23)27-14-16-33-29(34-27)11-5-7-22-12-13-28(36)26(31)18-22/h4,6,8-10,12-18,20,36H,5,7,11,19H2,1-3H3. The van der Waals surface area contributed by atoms with Crippen LogP contribution in [0.1, 0.15) is 53.3 Å². The lowest BCUT2D eigenvalue weighted by Crippen LogP contribution is -2.36. The highest BCUT2D eigenvalue weighted by molar-refractivity contribution is 6.32. The van der Waals surface area contributed by atoms with Crippen LogP contribution in [0.5, 0.6) is 5.75 Å². The molecule has 0 aliphatic heterocycles. The van der Waals surface area contributed by atoms with Gasteiger partial charge >= 0.3 is 0 Å². The van der Waals surface area contributed by atoms with Crippen molar-refractivity contribution in [2.24, 2.45) is 0 Å². The molecule has 0 radical (unpaired) electrons. The van der Waals surface area contributed by atoms with Crippen LogP contribution in [0.2, 0.25) is 5.02 Å². The Labute approximate surface area is 223 Å². The molecule has 2 heterocycles. The largest absolute Gasteiger partial charge is 0.506 e. The molecule has 0 fully saturated rings. The van der Waals surface area contributed by atoms with Gasteiger partial charge in [-0.25, -0.2) is 9.97 Å². The lowest BCUT2D eigenvalue weighted by atomic mass is 10.1. The smallest absolute Gasteiger partial charge is 0.256 e. The minimum Gasteiger partial charge on any atom is -0.506 e. The lowest BCUT2D eigenvalue weighted by Gasteiger charge is -2.27. The van der Waals surface area contributed by atoms with Crippen molar-refractivity contribution in [3.63, 3.8) is 0 Å². The highest BCUT2D eigenvalue weighted by Crippen LogP contribution is 2.25. The molecule has 7 heteroatoms. The number of hydrogen-bond acceptors (Lipinski definition) is 5. The number of carbonyl (C=O) groups is 1. The Morgan fingerprint density at radius 1 is 0.973 bits per heavy atom. The summed E-state index contributed by atoms with van der Waals surface area (Å²) in [5.74, 6) is 0.848. The summed E-state index contributed by atoms with van der Waals surface area (Å²) in [6.45, 7) is 6.40. The van der Waals surface area contributed by atoms with E-state index < -0.39 is 0 Å². The first-order chi connectivity index (χ1) is 17.8. The molecule has 37 heavy (non-hydrogen) atoms. The van der Waals surface area contributed by atoms with Gasteiger partial charge in [-0.1, -0.05) is 35.9 Å². The van der Waals surface area contributed by atoms with Crippen LogP contribution in [0, 0.1) is 6.92 Å². The van der Waals surface area contributed by atoms with E-state index in [1.807, 2.05) is 62.1 Å². The number of aromatic hydroxyl groups is 1. The maximum absolute atomic E-state index is 13.3. The van der Waals surface area contributed by atoms with Gasteiger partial charge in [0.25, 0.3) is 5.91 Å². The number of benzene rings is 2. The molecular weight excluding hydrogens is 484 g/mol. The monoisotopic (exact) mass is 514 g/mol. The van der Waals surface area contributed by atoms with E-state index >= 15 is 0 Å². The van der Waals surface area contributed by atoms with Crippen molar-refractivity contribution in [1.82, 2.24) is 19.9 Å². The molecule has 1 amide bonds. The summed E-state index contributed by atoms with van der Waals surface area (Å²) in [5.41, 5.74) is 5.30. The minimum atomic E-state index is -0.0229. The predicted molar refractivity (Wildman–Crippen MR) is 147 cm³/mol. The van der Waals surface area contributed by atoms with Crippen LogP contribution >= 0.6 is 11.6 Å². The Kier molecular flexibility index (Phi) is 8.51. The summed E-state index contributed by atoms with van der Waals surface area (Å²) >= 11 is 6.02. The highest BCUT2D eigenvalue weighted by atomic mass is 35.5. The first-order valence-electron chi connectivity index (χ1n) is 12.4. The molecule has 0 saturated heterocycles. The zero-order chi connectivity index (χ0) is 26.4. The third-order valence-electron chi connectivity index (χ3n) is 6.28. The van der Waals surface area contributed by atoms with E-state index in [4.69, 9.17) is 16.6 Å². The molecule has 0 bridgehead atoms. The number of pyridine rings is 1. The molecule has 2 aromatic heterocycles. The number of rotatable bonds is 9. The van der Waals surface area contributed by atoms with Gasteiger partial charge in [-0.05, 0) is 81.1 Å². The zero-order valence-corrected chi connectivity index (χ0v) is 22.1. The second kappa shape index (κ2) is 12.0. The molecule has 4 rings (SSSR count). The molecule has 1 N–H and O–H groups in total. The van der Waals surface area contributed by atoms with E-state index in [1.165, 1.54) is 0 Å². The van der Waals surface area contributed by atoms with Gasteiger partial charge in [0.05, 0.1) is 16.3 Å². The van der Waals surface area contributed by atoms with Crippen molar-refractivity contribution in [1.29, 1.82) is 0 Å². The molecule has 0 aliphatic carbocycles. The first kappa shape index (κ1) is 26.3. The zero-order valence-electron chi connectivity index (χ0n) is 21.4. The van der Waals surface area contributed by atoms with Gasteiger partial charge < -0.3 is 10.0 Å². The number of phenolic OH excluding ortho intramolecular Hbond substituents is 1. The van der Waals surface area contributed by atoms with E-state index in [1.54, 1.807) is 30.6 Å². The maximum Gasteiger partial charge on any atom is 0.256 e. The van der Waals surface area contributed by atoms with Gasteiger partial charge in [0.2, 0.25) is 0 Å². The summed E-state index contributed by atoms with van der Waals surface area (Å²) in [6, 6.07) is 19.0. The number of amides is 1. The Hall–Kier alpha value is -3.77. The fourth-order valence-corrected chi connectivity index (χ4v) is 4.42. The van der Waals surface area contributed by atoms with Crippen LogP contribution in [-0.4, -0.2) is 36.9 Å². The predicted octanol–water partition coefficient (Wildman–Crippen LogP) is 6.43. The summed E-state index contributed by atoms with van der Waals surface area (Å²) in [4.78, 5) is 28.7. The number of carbonyl (C=O) groups excluding carboxylic acids is 1. The van der Waals surface area contributed by atoms with Gasteiger partial charge in [-0.3, -0.25) is 9.78 Å². The van der Waals surface area contributed by atoms with Crippen molar-refractivity contribution in [3.8, 4) is 17.0 Å². The van der Waals surface area contributed by atoms with E-state index in [9.17, 15) is 9.90 Å². The molecule has 0 unspecified atom stereocenters. The van der Waals surface area contributed by atoms with Gasteiger partial charge in [0.15, 0.2) is 0 Å². The molecule has 2 aromatic carbocycles. The van der Waals surface area contributed by atoms with Gasteiger partial charge in [-0.2, -0.15) is 0 Å². The van der Waals surface area contributed by atoms with Crippen LogP contribution in [0.15, 0.2) is 73.1 Å². The first-order valence-corrected chi connectivity index (χ1v) is 12.8. The number of aromatic nitrogens is 3. The Morgan fingerprint density at radius 2 is 1.81 bits per heavy atom. The molecule has 0 spiro atoms. The Balaban J connectivity index is 1.46. The van der Waals surface area contributed by atoms with Crippen molar-refractivity contribution >= 4 is 17.5 Å². The topological polar surface area (TPSA) is 79.2 Å². The van der Waals surface area contributed by atoms with Crippen LogP contribution in [-0.2, 0) is 19.4 Å². The van der Waals surface area contributed by atoms with E-state index in [2.05, 4.69) is 16.0 Å². The summed E-state index contributed by atoms with van der Waals surface area (Å²) < 4.78 is 0. The number of halogens is 1. The molecule has 0 aliphatic rings. The average molecular weight is 515 g/mol. The molecular formula is C30H31ClN4O2. The maximum atomic E-state index is 13.3. The SMILES string of the molecule is Cc1ncccc1C(=O)N(Cc1cccc(-c2ccnc(CCCc3ccc(O)c(Cl)c3)n2)c1)C(C)C. The lowest BCUT2D eigenvalue weighted by molar-refractivity contribution is 0.0689. The highest BCUT2D eigenvalue weighted by Gasteiger charge is 2.21. The number of phenols is 1. The van der Waals surface area contributed by atoms with Crippen LogP contribution in [0.25, 0.3) is 11.3 Å². The number of nitrogens with zero attached hydrogens (tertiary/aromatic N) is 4. The quantitative estimate of drug-likeness (QED) is 0.278. The van der Waals surface area contributed by atoms with E-state index in [0.29, 0.717) is 17.1 Å². The molecule has 6 nitrogen and oxygen atoms in total. The molecule has 190 valence electrons. The molecule has 0 saturated carbocycles. The van der Waals surface area contributed by atoms with Crippen LogP contribution in [0.4, 0.5) is 0 Å². The summed E-state index contributed by atoms with van der Waals surface area (Å²) in [7, 11) is 0. The van der Waals surface area contributed by atoms with E-state index in [0.717, 1.165) is 53.2 Å². The normalized spacial score (nSPS) is 11.1. The Morgan fingerprint density at radius 3 is 2.57 bits per heavy atom. The van der Waals surface area contributed by atoms with E-state index in [-0.39, 0.29) is 17.7 Å². The van der Waals surface area contributed by atoms with Gasteiger partial charge in [0, 0.05) is 42.7 Å². The van der Waals surface area contributed by atoms with Crippen LogP contribution in [0.3, 0.4) is 0 Å². The van der Waals surface area contributed by atoms with Crippen LogP contribution < -0.4 is 0 Å². The number of aryl methyl sites for hydroxylation is 3. The average Bonchev–Trinajstić information content (AvgIpc) is 2.89.